The largest absolute Gasteiger partial charge is 0.288 e. The number of pyridine rings is 1. The quantitative estimate of drug-likeness (QED) is 0.529. The molecule has 0 aliphatic carbocycles. The van der Waals surface area contributed by atoms with Crippen LogP contribution in [0.5, 0.6) is 0 Å². The van der Waals surface area contributed by atoms with Gasteiger partial charge in [0.05, 0.1) is 10.6 Å². The second kappa shape index (κ2) is 6.45. The molecule has 0 saturated heterocycles. The minimum atomic E-state index is -0.0268. The maximum absolute atomic E-state index is 12.3. The first kappa shape index (κ1) is 14.4. The molecular weight excluding hydrogens is 292 g/mol. The lowest BCUT2D eigenvalue weighted by Gasteiger charge is -1.93. The summed E-state index contributed by atoms with van der Waals surface area (Å²) >= 11 is 1.43. The molecule has 0 fully saturated rings. The third kappa shape index (κ3) is 3.18. The van der Waals surface area contributed by atoms with E-state index in [4.69, 9.17) is 0 Å². The Balaban J connectivity index is 1.85. The van der Waals surface area contributed by atoms with Crippen molar-refractivity contribution in [3.8, 4) is 10.6 Å². The van der Waals surface area contributed by atoms with Gasteiger partial charge in [-0.3, -0.25) is 9.78 Å². The van der Waals surface area contributed by atoms with Crippen LogP contribution in [0.25, 0.3) is 16.6 Å². The van der Waals surface area contributed by atoms with Crippen LogP contribution in [0.1, 0.15) is 20.9 Å². The Kier molecular flexibility index (Phi) is 4.21. The summed E-state index contributed by atoms with van der Waals surface area (Å²) in [6.45, 7) is 1.87. The lowest BCUT2D eigenvalue weighted by atomic mass is 10.2. The number of aryl methyl sites for hydroxylation is 1. The minimum Gasteiger partial charge on any atom is -0.288 e. The van der Waals surface area contributed by atoms with Crippen LogP contribution in [0, 0.1) is 6.92 Å². The van der Waals surface area contributed by atoms with Crippen molar-refractivity contribution in [3.05, 3.63) is 77.1 Å². The van der Waals surface area contributed by atoms with Gasteiger partial charge in [0, 0.05) is 18.0 Å². The molecule has 0 N–H and O–H groups in total. The van der Waals surface area contributed by atoms with Crippen LogP contribution in [0.2, 0.25) is 0 Å². The lowest BCUT2D eigenvalue weighted by molar-refractivity contribution is 0.105. The van der Waals surface area contributed by atoms with Crippen LogP contribution in [0.15, 0.2) is 60.9 Å². The van der Waals surface area contributed by atoms with Gasteiger partial charge < -0.3 is 0 Å². The molecule has 3 aromatic rings. The van der Waals surface area contributed by atoms with Gasteiger partial charge in [0.25, 0.3) is 0 Å². The topological polar surface area (TPSA) is 42.9 Å². The molecule has 0 bridgehead atoms. The normalized spacial score (nSPS) is 11.0. The van der Waals surface area contributed by atoms with E-state index >= 15 is 0 Å². The van der Waals surface area contributed by atoms with Gasteiger partial charge in [-0.1, -0.05) is 36.4 Å². The summed E-state index contributed by atoms with van der Waals surface area (Å²) in [7, 11) is 0. The molecule has 22 heavy (non-hydrogen) atoms. The molecule has 0 atom stereocenters. The number of carbonyl (C=O) groups excluding carboxylic acids is 1. The Morgan fingerprint density at radius 2 is 1.95 bits per heavy atom. The van der Waals surface area contributed by atoms with Crippen molar-refractivity contribution in [2.75, 3.05) is 0 Å². The highest BCUT2D eigenvalue weighted by atomic mass is 32.1. The van der Waals surface area contributed by atoms with Crippen molar-refractivity contribution in [2.24, 2.45) is 0 Å². The molecule has 2 heterocycles. The molecule has 0 spiro atoms. The molecule has 0 aliphatic heterocycles. The SMILES string of the molecule is Cc1nc(-c2ccccc2)sc1C(=O)C=Cc1cccnc1. The Labute approximate surface area is 133 Å². The van der Waals surface area contributed by atoms with Crippen LogP contribution in [-0.2, 0) is 0 Å². The van der Waals surface area contributed by atoms with Crippen molar-refractivity contribution >= 4 is 23.2 Å². The van der Waals surface area contributed by atoms with Gasteiger partial charge in [0.15, 0.2) is 5.78 Å². The molecule has 0 amide bonds. The van der Waals surface area contributed by atoms with E-state index in [2.05, 4.69) is 9.97 Å². The first-order valence-corrected chi connectivity index (χ1v) is 7.71. The Morgan fingerprint density at radius 3 is 2.68 bits per heavy atom. The van der Waals surface area contributed by atoms with Gasteiger partial charge in [-0.25, -0.2) is 4.98 Å². The van der Waals surface area contributed by atoms with Crippen molar-refractivity contribution in [2.45, 2.75) is 6.92 Å². The van der Waals surface area contributed by atoms with Crippen LogP contribution in [0.4, 0.5) is 0 Å². The van der Waals surface area contributed by atoms with Gasteiger partial charge in [0.2, 0.25) is 0 Å². The number of rotatable bonds is 4. The molecule has 0 unspecified atom stereocenters. The summed E-state index contributed by atoms with van der Waals surface area (Å²) in [6.07, 6.45) is 6.78. The smallest absolute Gasteiger partial charge is 0.197 e. The van der Waals surface area contributed by atoms with Crippen molar-refractivity contribution in [1.82, 2.24) is 9.97 Å². The average molecular weight is 306 g/mol. The van der Waals surface area contributed by atoms with E-state index in [1.807, 2.05) is 49.4 Å². The van der Waals surface area contributed by atoms with E-state index in [1.165, 1.54) is 11.3 Å². The molecule has 3 rings (SSSR count). The molecule has 4 heteroatoms. The molecule has 1 aromatic carbocycles. The number of aromatic nitrogens is 2. The number of nitrogens with zero attached hydrogens (tertiary/aromatic N) is 2. The van der Waals surface area contributed by atoms with E-state index in [0.717, 1.165) is 21.8 Å². The number of thiazole rings is 1. The zero-order chi connectivity index (χ0) is 15.4. The molecule has 0 aliphatic rings. The highest BCUT2D eigenvalue weighted by Gasteiger charge is 2.13. The minimum absolute atomic E-state index is 0.0268. The van der Waals surface area contributed by atoms with E-state index in [0.29, 0.717) is 4.88 Å². The monoisotopic (exact) mass is 306 g/mol. The van der Waals surface area contributed by atoms with E-state index in [1.54, 1.807) is 24.5 Å². The number of benzene rings is 1. The van der Waals surface area contributed by atoms with Crippen molar-refractivity contribution in [3.63, 3.8) is 0 Å². The zero-order valence-electron chi connectivity index (χ0n) is 12.1. The van der Waals surface area contributed by atoms with Gasteiger partial charge in [-0.15, -0.1) is 11.3 Å². The fourth-order valence-electron chi connectivity index (χ4n) is 2.05. The zero-order valence-corrected chi connectivity index (χ0v) is 12.9. The second-order valence-electron chi connectivity index (χ2n) is 4.78. The Bertz CT molecular complexity index is 808. The highest BCUT2D eigenvalue weighted by molar-refractivity contribution is 7.17. The third-order valence-electron chi connectivity index (χ3n) is 3.15. The fourth-order valence-corrected chi connectivity index (χ4v) is 3.04. The Morgan fingerprint density at radius 1 is 1.14 bits per heavy atom. The fraction of sp³-hybridized carbons (Fsp3) is 0.0556. The number of hydrogen-bond donors (Lipinski definition) is 0. The predicted molar refractivity (Wildman–Crippen MR) is 89.9 cm³/mol. The number of hydrogen-bond acceptors (Lipinski definition) is 4. The van der Waals surface area contributed by atoms with Gasteiger partial charge in [0.1, 0.15) is 5.01 Å². The number of carbonyl (C=O) groups is 1. The highest BCUT2D eigenvalue weighted by Crippen LogP contribution is 2.28. The molecular formula is C18H14N2OS. The summed E-state index contributed by atoms with van der Waals surface area (Å²) < 4.78 is 0. The predicted octanol–water partition coefficient (Wildman–Crippen LogP) is 4.41. The van der Waals surface area contributed by atoms with Gasteiger partial charge in [-0.05, 0) is 30.7 Å². The third-order valence-corrected chi connectivity index (χ3v) is 4.37. The van der Waals surface area contributed by atoms with E-state index < -0.39 is 0 Å². The van der Waals surface area contributed by atoms with Crippen LogP contribution >= 0.6 is 11.3 Å². The number of ketones is 1. The summed E-state index contributed by atoms with van der Waals surface area (Å²) in [4.78, 5) is 21.6. The standard InChI is InChI=1S/C18H14N2OS/c1-13-17(16(21)10-9-14-6-5-11-19-12-14)22-18(20-13)15-7-3-2-4-8-15/h2-12H,1H3. The van der Waals surface area contributed by atoms with E-state index in [9.17, 15) is 4.79 Å². The molecule has 0 radical (unpaired) electrons. The lowest BCUT2D eigenvalue weighted by Crippen LogP contribution is -1.93. The molecule has 2 aromatic heterocycles. The summed E-state index contributed by atoms with van der Waals surface area (Å²) in [6, 6.07) is 13.6. The van der Waals surface area contributed by atoms with Gasteiger partial charge in [-0.2, -0.15) is 0 Å². The van der Waals surface area contributed by atoms with Gasteiger partial charge >= 0.3 is 0 Å². The summed E-state index contributed by atoms with van der Waals surface area (Å²) in [5.74, 6) is -0.0268. The van der Waals surface area contributed by atoms with Crippen molar-refractivity contribution < 1.29 is 4.79 Å². The first-order chi connectivity index (χ1) is 10.7. The van der Waals surface area contributed by atoms with Crippen molar-refractivity contribution in [1.29, 1.82) is 0 Å². The molecule has 3 nitrogen and oxygen atoms in total. The second-order valence-corrected chi connectivity index (χ2v) is 5.78. The number of allylic oxidation sites excluding steroid dienone is 1. The maximum Gasteiger partial charge on any atom is 0.197 e. The molecule has 0 saturated carbocycles. The Hall–Kier alpha value is -2.59. The van der Waals surface area contributed by atoms with Crippen LogP contribution in [0.3, 0.4) is 0 Å². The average Bonchev–Trinajstić information content (AvgIpc) is 2.96. The maximum atomic E-state index is 12.3. The summed E-state index contributed by atoms with van der Waals surface area (Å²) in [5, 5.41) is 0.872. The van der Waals surface area contributed by atoms with E-state index in [-0.39, 0.29) is 5.78 Å². The first-order valence-electron chi connectivity index (χ1n) is 6.89. The van der Waals surface area contributed by atoms with Crippen LogP contribution in [-0.4, -0.2) is 15.8 Å². The summed E-state index contributed by atoms with van der Waals surface area (Å²) in [5.41, 5.74) is 2.71. The molecule has 108 valence electrons. The van der Waals surface area contributed by atoms with Crippen LogP contribution < -0.4 is 0 Å².